The van der Waals surface area contributed by atoms with Crippen LogP contribution in [0.15, 0.2) is 216 Å². The van der Waals surface area contributed by atoms with Crippen LogP contribution in [0.4, 0.5) is 0 Å². The number of hydrogen-bond donors (Lipinski definition) is 0. The van der Waals surface area contributed by atoms with E-state index in [-0.39, 0.29) is 35.6 Å². The molecule has 2 atom stereocenters. The van der Waals surface area contributed by atoms with Gasteiger partial charge in [0.05, 0.1) is 0 Å². The summed E-state index contributed by atoms with van der Waals surface area (Å²) in [6.07, 6.45) is 23.7. The molecule has 0 nitrogen and oxygen atoms in total. The first-order valence-corrected chi connectivity index (χ1v) is 24.6. The van der Waals surface area contributed by atoms with Crippen molar-refractivity contribution < 1.29 is 41.4 Å². The topological polar surface area (TPSA) is 0 Å². The minimum absolute atomic E-state index is 0. The second-order valence-electron chi connectivity index (χ2n) is 14.4. The number of hydrogen-bond acceptors (Lipinski definition) is 0. The van der Waals surface area contributed by atoms with Crippen LogP contribution in [-0.4, -0.2) is 6.19 Å². The third-order valence-electron chi connectivity index (χ3n) is 11.3. The molecule has 52 heavy (non-hydrogen) atoms. The van der Waals surface area contributed by atoms with Gasteiger partial charge in [0.2, 0.25) is 0 Å². The van der Waals surface area contributed by atoms with Gasteiger partial charge in [-0.2, -0.15) is 0 Å². The average molecular weight is 768 g/mol. The summed E-state index contributed by atoms with van der Waals surface area (Å²) < 4.78 is 0.981. The van der Waals surface area contributed by atoms with Crippen LogP contribution in [0.1, 0.15) is 36.1 Å². The van der Waals surface area contributed by atoms with Crippen LogP contribution in [0, 0.1) is 0 Å². The van der Waals surface area contributed by atoms with Gasteiger partial charge in [-0.05, 0) is 0 Å². The zero-order valence-electron chi connectivity index (χ0n) is 30.2. The maximum absolute atomic E-state index is 2.62. The molecule has 2 unspecified atom stereocenters. The van der Waals surface area contributed by atoms with E-state index in [4.69, 9.17) is 0 Å². The predicted octanol–water partition coefficient (Wildman–Crippen LogP) is 6.18. The summed E-state index contributed by atoms with van der Waals surface area (Å²) in [7, 11) is 0. The summed E-state index contributed by atoms with van der Waals surface area (Å²) in [6, 6.07) is 44.8. The predicted molar refractivity (Wildman–Crippen MR) is 210 cm³/mol. The normalized spacial score (nSPS) is 20.3. The Morgan fingerprint density at radius 1 is 0.462 bits per heavy atom. The number of rotatable bonds is 6. The molecular formula is C48H44Cl2SiTi. The zero-order valence-corrected chi connectivity index (χ0v) is 34.3. The Kier molecular flexibility index (Phi) is 11.5. The minimum atomic E-state index is -1.96. The Morgan fingerprint density at radius 2 is 0.769 bits per heavy atom. The van der Waals surface area contributed by atoms with Crippen LogP contribution in [0.2, 0.25) is 21.5 Å². The van der Waals surface area contributed by atoms with Crippen molar-refractivity contribution in [2.75, 3.05) is 0 Å². The van der Waals surface area contributed by atoms with Gasteiger partial charge in [-0.3, -0.25) is 0 Å². The summed E-state index contributed by atoms with van der Waals surface area (Å²) in [5.41, 5.74) is 13.8. The van der Waals surface area contributed by atoms with Crippen molar-refractivity contribution in [3.8, 4) is 0 Å². The van der Waals surface area contributed by atoms with E-state index in [0.29, 0.717) is 8.45 Å². The average Bonchev–Trinajstić information content (AvgIpc) is 3.48. The largest absolute Gasteiger partial charge is 1.00 e. The van der Waals surface area contributed by atoms with Crippen molar-refractivity contribution in [1.82, 2.24) is 0 Å². The first-order valence-electron chi connectivity index (χ1n) is 17.9. The molecule has 258 valence electrons. The van der Waals surface area contributed by atoms with Crippen molar-refractivity contribution >= 4 is 6.19 Å². The molecule has 0 bridgehead atoms. The minimum Gasteiger partial charge on any atom is -1.00 e. The number of allylic oxidation sites excluding steroid dienone is 16. The summed E-state index contributed by atoms with van der Waals surface area (Å²) in [5.74, 6) is 0. The van der Waals surface area contributed by atoms with Gasteiger partial charge in [0.15, 0.2) is 0 Å². The third kappa shape index (κ3) is 6.15. The number of benzene rings is 4. The van der Waals surface area contributed by atoms with Crippen molar-refractivity contribution in [3.05, 3.63) is 238 Å². The summed E-state index contributed by atoms with van der Waals surface area (Å²) in [4.78, 5) is 0. The molecule has 0 saturated carbocycles. The molecule has 4 aromatic rings. The van der Waals surface area contributed by atoms with Crippen LogP contribution in [0.3, 0.4) is 0 Å². The van der Waals surface area contributed by atoms with Gasteiger partial charge >= 0.3 is 307 Å². The fourth-order valence-corrected chi connectivity index (χ4v) is 23.1. The van der Waals surface area contributed by atoms with E-state index in [0.717, 1.165) is 0 Å². The Bertz CT molecular complexity index is 2000. The molecule has 0 heterocycles. The molecule has 0 aromatic heterocycles. The Labute approximate surface area is 329 Å². The zero-order chi connectivity index (χ0) is 34.3. The second kappa shape index (κ2) is 15.7. The van der Waals surface area contributed by atoms with Gasteiger partial charge in [0.25, 0.3) is 0 Å². The van der Waals surface area contributed by atoms with E-state index >= 15 is 0 Å². The SMILES string of the molecule is CC1=CC2=C(C=CC=CC2(c2ccccc2)c2ccccc2)[CH]1[Ti+2]([CH]1C(C)=CC2=C1C=CC=CC2(c1ccccc1)c1ccccc1)=[Si](C)C.[Cl-].[Cl-]. The van der Waals surface area contributed by atoms with Crippen LogP contribution in [0.25, 0.3) is 0 Å². The van der Waals surface area contributed by atoms with Crippen LogP contribution < -0.4 is 24.8 Å². The van der Waals surface area contributed by atoms with Gasteiger partial charge in [-0.1, -0.05) is 0 Å². The summed E-state index contributed by atoms with van der Waals surface area (Å²) in [6.45, 7) is 10.1. The van der Waals surface area contributed by atoms with Gasteiger partial charge < -0.3 is 24.8 Å². The molecule has 4 heteroatoms. The van der Waals surface area contributed by atoms with E-state index in [1.54, 1.807) is 22.3 Å². The van der Waals surface area contributed by atoms with Crippen LogP contribution >= 0.6 is 0 Å². The molecule has 0 saturated heterocycles. The quantitative estimate of drug-likeness (QED) is 0.206. The first-order chi connectivity index (χ1) is 24.5. The van der Waals surface area contributed by atoms with Crippen molar-refractivity contribution in [2.24, 2.45) is 0 Å². The maximum Gasteiger partial charge on any atom is -1.00 e. The molecule has 0 spiro atoms. The summed E-state index contributed by atoms with van der Waals surface area (Å²) in [5, 5.41) is 0. The van der Waals surface area contributed by atoms with Crippen LogP contribution in [0.5, 0.6) is 0 Å². The molecule has 4 aliphatic carbocycles. The van der Waals surface area contributed by atoms with E-state index in [9.17, 15) is 0 Å². The van der Waals surface area contributed by atoms with E-state index < -0.39 is 22.8 Å². The summed E-state index contributed by atoms with van der Waals surface area (Å²) >= 11 is -1.96. The number of halogens is 2. The Balaban J connectivity index is 0.00000232. The van der Waals surface area contributed by atoms with Gasteiger partial charge in [0.1, 0.15) is 0 Å². The third-order valence-corrected chi connectivity index (χ3v) is 24.6. The monoisotopic (exact) mass is 766 g/mol. The van der Waals surface area contributed by atoms with E-state index in [1.807, 2.05) is 0 Å². The second-order valence-corrected chi connectivity index (χ2v) is 26.6. The standard InChI is InChI=1S/2C23H19.C2H6Si.2ClH.Ti/c2*1-18-16-19-10-8-9-15-23(22(19)17-18,20-11-4-2-5-12-20)21-13-6-3-7-14-21;1-3-2;;;/h2*2-17H,1H3;1-2H3;2*1H;/q;;;;;+2/p-2. The molecule has 0 aliphatic heterocycles. The Morgan fingerprint density at radius 3 is 1.06 bits per heavy atom. The molecule has 4 aliphatic rings. The Hall–Kier alpha value is -3.69. The van der Waals surface area contributed by atoms with Crippen LogP contribution in [-0.2, 0) is 27.4 Å². The smallest absolute Gasteiger partial charge is 1.00 e. The fraction of sp³-hybridized carbons (Fsp3) is 0.167. The van der Waals surface area contributed by atoms with Crippen molar-refractivity contribution in [1.29, 1.82) is 0 Å². The van der Waals surface area contributed by atoms with Gasteiger partial charge in [-0.25, -0.2) is 0 Å². The molecular weight excluding hydrogens is 723 g/mol. The molecule has 0 radical (unpaired) electrons. The van der Waals surface area contributed by atoms with Crippen molar-refractivity contribution in [2.45, 2.75) is 46.2 Å². The fourth-order valence-electron chi connectivity index (χ4n) is 9.26. The van der Waals surface area contributed by atoms with Crippen molar-refractivity contribution in [3.63, 3.8) is 0 Å². The molecule has 0 N–H and O–H groups in total. The molecule has 0 fully saturated rings. The van der Waals surface area contributed by atoms with E-state index in [2.05, 4.69) is 209 Å². The molecule has 4 aromatic carbocycles. The molecule has 0 amide bonds. The van der Waals surface area contributed by atoms with E-state index in [1.165, 1.54) is 33.4 Å². The first kappa shape index (κ1) is 38.0. The van der Waals surface area contributed by atoms with Gasteiger partial charge in [-0.15, -0.1) is 0 Å². The molecule has 8 rings (SSSR count). The van der Waals surface area contributed by atoms with Gasteiger partial charge in [0, 0.05) is 0 Å². The maximum atomic E-state index is 2.62.